The summed E-state index contributed by atoms with van der Waals surface area (Å²) in [6.07, 6.45) is 0.498. The number of methoxy groups -OCH3 is 1. The normalized spacial score (nSPS) is 11.8. The number of esters is 1. The number of ether oxygens (including phenoxy) is 1. The predicted octanol–water partition coefficient (Wildman–Crippen LogP) is -0.174. The van der Waals surface area contributed by atoms with E-state index < -0.39 is 17.9 Å². The lowest BCUT2D eigenvalue weighted by Gasteiger charge is -2.18. The summed E-state index contributed by atoms with van der Waals surface area (Å²) in [6.45, 7) is 5.06. The predicted molar refractivity (Wildman–Crippen MR) is 62.1 cm³/mol. The Bertz CT molecular complexity index is 289. The van der Waals surface area contributed by atoms with E-state index in [-0.39, 0.29) is 18.4 Å². The number of carbonyl (C=O) groups excluding carboxylic acids is 3. The zero-order valence-corrected chi connectivity index (χ0v) is 10.7. The van der Waals surface area contributed by atoms with Crippen molar-refractivity contribution in [3.8, 4) is 0 Å². The Balaban J connectivity index is 4.27. The fourth-order valence-electron chi connectivity index (χ4n) is 1.28. The van der Waals surface area contributed by atoms with Gasteiger partial charge in [-0.3, -0.25) is 9.59 Å². The molecular formula is C11H20N2O4. The largest absolute Gasteiger partial charge is 0.467 e. The van der Waals surface area contributed by atoms with Gasteiger partial charge in [-0.05, 0) is 12.3 Å². The SMILES string of the molecule is COC(=O)[C@H](CC(C)C)NC(=O)CNC(C)=O. The Hall–Kier alpha value is -1.59. The van der Waals surface area contributed by atoms with Crippen molar-refractivity contribution < 1.29 is 19.1 Å². The summed E-state index contributed by atoms with van der Waals surface area (Å²) in [7, 11) is 1.27. The Labute approximate surface area is 101 Å². The van der Waals surface area contributed by atoms with Crippen molar-refractivity contribution in [3.05, 3.63) is 0 Å². The van der Waals surface area contributed by atoms with Crippen molar-refractivity contribution in [3.63, 3.8) is 0 Å². The monoisotopic (exact) mass is 244 g/mol. The third-order valence-electron chi connectivity index (χ3n) is 2.03. The van der Waals surface area contributed by atoms with Gasteiger partial charge in [-0.2, -0.15) is 0 Å². The van der Waals surface area contributed by atoms with Gasteiger partial charge in [-0.15, -0.1) is 0 Å². The Morgan fingerprint density at radius 3 is 2.24 bits per heavy atom. The first-order valence-corrected chi connectivity index (χ1v) is 5.48. The molecule has 0 radical (unpaired) electrons. The van der Waals surface area contributed by atoms with E-state index in [1.165, 1.54) is 14.0 Å². The van der Waals surface area contributed by atoms with Crippen LogP contribution in [0.5, 0.6) is 0 Å². The van der Waals surface area contributed by atoms with Gasteiger partial charge < -0.3 is 15.4 Å². The lowest BCUT2D eigenvalue weighted by molar-refractivity contribution is -0.145. The topological polar surface area (TPSA) is 84.5 Å². The molecule has 17 heavy (non-hydrogen) atoms. The van der Waals surface area contributed by atoms with Crippen LogP contribution in [0.15, 0.2) is 0 Å². The molecule has 2 amide bonds. The molecule has 98 valence electrons. The summed E-state index contributed by atoms with van der Waals surface area (Å²) >= 11 is 0. The van der Waals surface area contributed by atoms with Gasteiger partial charge in [0, 0.05) is 6.92 Å². The number of carbonyl (C=O) groups is 3. The van der Waals surface area contributed by atoms with Gasteiger partial charge in [0.05, 0.1) is 13.7 Å². The molecule has 1 atom stereocenters. The minimum Gasteiger partial charge on any atom is -0.467 e. The molecule has 6 nitrogen and oxygen atoms in total. The Morgan fingerprint density at radius 2 is 1.82 bits per heavy atom. The molecule has 2 N–H and O–H groups in total. The lowest BCUT2D eigenvalue weighted by atomic mass is 10.0. The van der Waals surface area contributed by atoms with Crippen molar-refractivity contribution in [2.75, 3.05) is 13.7 Å². The first-order valence-electron chi connectivity index (χ1n) is 5.48. The maximum atomic E-state index is 11.4. The summed E-state index contributed by atoms with van der Waals surface area (Å²) in [4.78, 5) is 33.4. The van der Waals surface area contributed by atoms with Crippen molar-refractivity contribution >= 4 is 17.8 Å². The van der Waals surface area contributed by atoms with Gasteiger partial charge in [0.25, 0.3) is 0 Å². The maximum absolute atomic E-state index is 11.4. The molecule has 0 heterocycles. The third-order valence-corrected chi connectivity index (χ3v) is 2.03. The van der Waals surface area contributed by atoms with Crippen LogP contribution in [-0.2, 0) is 19.1 Å². The molecule has 0 aromatic rings. The van der Waals surface area contributed by atoms with E-state index in [1.54, 1.807) is 0 Å². The first kappa shape index (κ1) is 15.4. The van der Waals surface area contributed by atoms with Crippen LogP contribution in [0.25, 0.3) is 0 Å². The van der Waals surface area contributed by atoms with E-state index >= 15 is 0 Å². The van der Waals surface area contributed by atoms with Gasteiger partial charge in [0.2, 0.25) is 11.8 Å². The van der Waals surface area contributed by atoms with Crippen molar-refractivity contribution in [2.24, 2.45) is 5.92 Å². The highest BCUT2D eigenvalue weighted by Gasteiger charge is 2.22. The van der Waals surface area contributed by atoms with Crippen LogP contribution >= 0.6 is 0 Å². The molecule has 0 rings (SSSR count). The zero-order chi connectivity index (χ0) is 13.4. The summed E-state index contributed by atoms with van der Waals surface area (Å²) in [5, 5.41) is 4.88. The van der Waals surface area contributed by atoms with Gasteiger partial charge in [0.15, 0.2) is 0 Å². The smallest absolute Gasteiger partial charge is 0.328 e. The molecule has 0 aliphatic rings. The van der Waals surface area contributed by atoms with Crippen LogP contribution in [-0.4, -0.2) is 37.5 Å². The second-order valence-corrected chi connectivity index (χ2v) is 4.18. The van der Waals surface area contributed by atoms with Gasteiger partial charge in [-0.25, -0.2) is 4.79 Å². The molecule has 0 unspecified atom stereocenters. The average molecular weight is 244 g/mol. The molecule has 0 saturated heterocycles. The molecule has 0 aromatic heterocycles. The van der Waals surface area contributed by atoms with Gasteiger partial charge in [-0.1, -0.05) is 13.8 Å². The van der Waals surface area contributed by atoms with Gasteiger partial charge >= 0.3 is 5.97 Å². The minimum atomic E-state index is -0.666. The van der Waals surface area contributed by atoms with E-state index in [0.717, 1.165) is 0 Å². The van der Waals surface area contributed by atoms with Crippen molar-refractivity contribution in [1.29, 1.82) is 0 Å². The minimum absolute atomic E-state index is 0.138. The van der Waals surface area contributed by atoms with E-state index in [1.807, 2.05) is 13.8 Å². The quantitative estimate of drug-likeness (QED) is 0.635. The summed E-state index contributed by atoms with van der Waals surface area (Å²) < 4.78 is 4.60. The lowest BCUT2D eigenvalue weighted by Crippen LogP contribution is -2.46. The maximum Gasteiger partial charge on any atom is 0.328 e. The second-order valence-electron chi connectivity index (χ2n) is 4.18. The van der Waals surface area contributed by atoms with Crippen LogP contribution in [0.4, 0.5) is 0 Å². The summed E-state index contributed by atoms with van der Waals surface area (Å²) in [5.41, 5.74) is 0. The van der Waals surface area contributed by atoms with E-state index in [2.05, 4.69) is 15.4 Å². The number of hydrogen-bond donors (Lipinski definition) is 2. The molecule has 0 aliphatic heterocycles. The van der Waals surface area contributed by atoms with Crippen LogP contribution in [0, 0.1) is 5.92 Å². The number of amides is 2. The molecule has 6 heteroatoms. The molecule has 0 bridgehead atoms. The molecule has 0 spiro atoms. The fourth-order valence-corrected chi connectivity index (χ4v) is 1.28. The van der Waals surface area contributed by atoms with E-state index in [0.29, 0.717) is 6.42 Å². The number of hydrogen-bond acceptors (Lipinski definition) is 4. The molecule has 0 fully saturated rings. The zero-order valence-electron chi connectivity index (χ0n) is 10.7. The molecule has 0 aromatic carbocycles. The standard InChI is InChI=1S/C11H20N2O4/c1-7(2)5-9(11(16)17-4)13-10(15)6-12-8(3)14/h7,9H,5-6H2,1-4H3,(H,12,14)(H,13,15)/t9-/m0/s1. The number of nitrogens with one attached hydrogen (secondary N) is 2. The van der Waals surface area contributed by atoms with Crippen LogP contribution in [0.1, 0.15) is 27.2 Å². The van der Waals surface area contributed by atoms with Crippen LogP contribution in [0.2, 0.25) is 0 Å². The van der Waals surface area contributed by atoms with Crippen molar-refractivity contribution in [1.82, 2.24) is 10.6 Å². The first-order chi connectivity index (χ1) is 7.86. The average Bonchev–Trinajstić information content (AvgIpc) is 2.23. The Kier molecular flexibility index (Phi) is 6.93. The fraction of sp³-hybridized carbons (Fsp3) is 0.727. The summed E-state index contributed by atoms with van der Waals surface area (Å²) in [6, 6.07) is -0.666. The third kappa shape index (κ3) is 7.32. The van der Waals surface area contributed by atoms with E-state index in [4.69, 9.17) is 0 Å². The highest BCUT2D eigenvalue weighted by atomic mass is 16.5. The highest BCUT2D eigenvalue weighted by molar-refractivity contribution is 5.87. The Morgan fingerprint density at radius 1 is 1.24 bits per heavy atom. The van der Waals surface area contributed by atoms with Crippen LogP contribution < -0.4 is 10.6 Å². The summed E-state index contributed by atoms with van der Waals surface area (Å²) in [5.74, 6) is -0.926. The van der Waals surface area contributed by atoms with E-state index in [9.17, 15) is 14.4 Å². The molecule has 0 saturated carbocycles. The molecule has 0 aliphatic carbocycles. The van der Waals surface area contributed by atoms with Gasteiger partial charge in [0.1, 0.15) is 6.04 Å². The highest BCUT2D eigenvalue weighted by Crippen LogP contribution is 2.05. The second kappa shape index (κ2) is 7.65. The number of rotatable bonds is 6. The van der Waals surface area contributed by atoms with Crippen molar-refractivity contribution in [2.45, 2.75) is 33.2 Å². The van der Waals surface area contributed by atoms with Crippen LogP contribution in [0.3, 0.4) is 0 Å². The molecular weight excluding hydrogens is 224 g/mol.